The van der Waals surface area contributed by atoms with Crippen LogP contribution in [-0.4, -0.2) is 30.5 Å². The monoisotopic (exact) mass is 273 g/mol. The molecule has 2 aromatic rings. The van der Waals surface area contributed by atoms with Gasteiger partial charge in [-0.25, -0.2) is 0 Å². The number of hydrogen-bond acceptors (Lipinski definition) is 5. The van der Waals surface area contributed by atoms with Gasteiger partial charge in [0.05, 0.1) is 30.4 Å². The van der Waals surface area contributed by atoms with E-state index < -0.39 is 5.97 Å². The molecule has 0 saturated heterocycles. The Labute approximate surface area is 115 Å². The maximum absolute atomic E-state index is 11.7. The number of carbonyl (C=O) groups is 2. The largest absolute Gasteiger partial charge is 0.468 e. The Hall–Kier alpha value is -2.63. The zero-order valence-electron chi connectivity index (χ0n) is 11.1. The van der Waals surface area contributed by atoms with E-state index in [1.54, 1.807) is 12.1 Å². The van der Waals surface area contributed by atoms with Crippen LogP contribution in [-0.2, 0) is 20.7 Å². The number of amides is 1. The van der Waals surface area contributed by atoms with Crippen molar-refractivity contribution >= 4 is 28.5 Å². The van der Waals surface area contributed by atoms with Crippen LogP contribution in [0.25, 0.3) is 10.9 Å². The highest BCUT2D eigenvalue weighted by Crippen LogP contribution is 2.18. The molecule has 2 rings (SSSR count). The Morgan fingerprint density at radius 1 is 1.30 bits per heavy atom. The molecule has 0 aliphatic carbocycles. The van der Waals surface area contributed by atoms with Crippen molar-refractivity contribution in [3.05, 3.63) is 36.0 Å². The molecule has 0 bridgehead atoms. The van der Waals surface area contributed by atoms with E-state index in [0.29, 0.717) is 16.9 Å². The number of methoxy groups -OCH3 is 1. The number of benzene rings is 1. The predicted octanol–water partition coefficient (Wildman–Crippen LogP) is 0.649. The van der Waals surface area contributed by atoms with Gasteiger partial charge < -0.3 is 15.8 Å². The summed E-state index contributed by atoms with van der Waals surface area (Å²) in [6, 6.07) is 9.14. The van der Waals surface area contributed by atoms with Crippen molar-refractivity contribution in [3.63, 3.8) is 0 Å². The second kappa shape index (κ2) is 6.01. The minimum absolute atomic E-state index is 0.0846. The molecular weight excluding hydrogens is 258 g/mol. The molecule has 104 valence electrons. The first-order valence-electron chi connectivity index (χ1n) is 6.08. The third kappa shape index (κ3) is 3.23. The third-order valence-electron chi connectivity index (χ3n) is 2.81. The first-order valence-corrected chi connectivity index (χ1v) is 6.08. The fourth-order valence-electron chi connectivity index (χ4n) is 1.78. The lowest BCUT2D eigenvalue weighted by Gasteiger charge is -2.06. The molecule has 0 spiro atoms. The number of pyridine rings is 1. The van der Waals surface area contributed by atoms with Gasteiger partial charge in [-0.2, -0.15) is 0 Å². The van der Waals surface area contributed by atoms with Gasteiger partial charge in [0, 0.05) is 5.39 Å². The molecule has 6 nitrogen and oxygen atoms in total. The van der Waals surface area contributed by atoms with Gasteiger partial charge in [0.15, 0.2) is 0 Å². The summed E-state index contributed by atoms with van der Waals surface area (Å²) in [5, 5.41) is 3.38. The molecule has 1 heterocycles. The van der Waals surface area contributed by atoms with Crippen LogP contribution in [0.2, 0.25) is 0 Å². The van der Waals surface area contributed by atoms with Crippen LogP contribution in [0, 0.1) is 0 Å². The van der Waals surface area contributed by atoms with Crippen LogP contribution >= 0.6 is 0 Å². The highest BCUT2D eigenvalue weighted by atomic mass is 16.5. The fourth-order valence-corrected chi connectivity index (χ4v) is 1.78. The van der Waals surface area contributed by atoms with Gasteiger partial charge in [0.25, 0.3) is 0 Å². The second-order valence-electron chi connectivity index (χ2n) is 4.25. The molecule has 1 aromatic heterocycles. The average Bonchev–Trinajstić information content (AvgIpc) is 2.45. The molecule has 0 atom stereocenters. The van der Waals surface area contributed by atoms with E-state index in [9.17, 15) is 9.59 Å². The highest BCUT2D eigenvalue weighted by molar-refractivity contribution is 5.90. The maximum Gasteiger partial charge on any atom is 0.325 e. The lowest BCUT2D eigenvalue weighted by atomic mass is 10.1. The third-order valence-corrected chi connectivity index (χ3v) is 2.81. The average molecular weight is 273 g/mol. The number of nitrogens with one attached hydrogen (secondary N) is 1. The number of nitrogen functional groups attached to an aromatic ring is 1. The number of hydrogen-bond donors (Lipinski definition) is 2. The smallest absolute Gasteiger partial charge is 0.325 e. The minimum atomic E-state index is -0.492. The van der Waals surface area contributed by atoms with Gasteiger partial charge in [-0.1, -0.05) is 18.2 Å². The van der Waals surface area contributed by atoms with Crippen LogP contribution in [0.4, 0.5) is 5.69 Å². The summed E-state index contributed by atoms with van der Waals surface area (Å²) >= 11 is 0. The lowest BCUT2D eigenvalue weighted by Crippen LogP contribution is -2.31. The summed E-state index contributed by atoms with van der Waals surface area (Å²) in [6.07, 6.45) is 0.0846. The zero-order valence-corrected chi connectivity index (χ0v) is 11.1. The first kappa shape index (κ1) is 13.8. The van der Waals surface area contributed by atoms with E-state index >= 15 is 0 Å². The second-order valence-corrected chi connectivity index (χ2v) is 4.25. The van der Waals surface area contributed by atoms with Crippen molar-refractivity contribution in [2.24, 2.45) is 0 Å². The van der Waals surface area contributed by atoms with E-state index in [0.717, 1.165) is 5.39 Å². The standard InChI is InChI=1S/C14H15N3O3/c1-20-13(19)8-16-12(18)7-10-6-5-9-3-2-4-11(15)14(9)17-10/h2-6H,7-8,15H2,1H3,(H,16,18). The fraction of sp³-hybridized carbons (Fsp3) is 0.214. The molecule has 0 aliphatic rings. The summed E-state index contributed by atoms with van der Waals surface area (Å²) in [4.78, 5) is 26.9. The number of nitrogens with zero attached hydrogens (tertiary/aromatic N) is 1. The van der Waals surface area contributed by atoms with E-state index in [2.05, 4.69) is 15.0 Å². The number of carbonyl (C=O) groups excluding carboxylic acids is 2. The first-order chi connectivity index (χ1) is 9.60. The van der Waals surface area contributed by atoms with Gasteiger partial charge in [-0.05, 0) is 12.1 Å². The summed E-state index contributed by atoms with van der Waals surface area (Å²) in [6.45, 7) is -0.148. The van der Waals surface area contributed by atoms with Gasteiger partial charge in [-0.15, -0.1) is 0 Å². The number of ether oxygens (including phenoxy) is 1. The van der Waals surface area contributed by atoms with Gasteiger partial charge in [-0.3, -0.25) is 14.6 Å². The summed E-state index contributed by atoms with van der Waals surface area (Å²) in [5.41, 5.74) is 7.68. The molecule has 0 saturated carbocycles. The molecule has 0 fully saturated rings. The van der Waals surface area contributed by atoms with Crippen LogP contribution in [0.3, 0.4) is 0 Å². The quantitative estimate of drug-likeness (QED) is 0.630. The van der Waals surface area contributed by atoms with Gasteiger partial charge >= 0.3 is 5.97 Å². The van der Waals surface area contributed by atoms with Crippen LogP contribution in [0.15, 0.2) is 30.3 Å². The van der Waals surface area contributed by atoms with Gasteiger partial charge in [0.1, 0.15) is 6.54 Å². The topological polar surface area (TPSA) is 94.3 Å². The Balaban J connectivity index is 2.08. The minimum Gasteiger partial charge on any atom is -0.468 e. The Bertz CT molecular complexity index is 655. The van der Waals surface area contributed by atoms with E-state index in [1.165, 1.54) is 7.11 Å². The molecule has 1 amide bonds. The molecule has 1 aromatic carbocycles. The summed E-state index contributed by atoms with van der Waals surface area (Å²) in [7, 11) is 1.27. The normalized spacial score (nSPS) is 10.2. The number of para-hydroxylation sites is 1. The van der Waals surface area contributed by atoms with E-state index in [4.69, 9.17) is 5.73 Å². The van der Waals surface area contributed by atoms with Crippen LogP contribution < -0.4 is 11.1 Å². The Morgan fingerprint density at radius 2 is 2.10 bits per heavy atom. The van der Waals surface area contributed by atoms with Crippen LogP contribution in [0.1, 0.15) is 5.69 Å². The summed E-state index contributed by atoms with van der Waals surface area (Å²) in [5.74, 6) is -0.786. The predicted molar refractivity (Wildman–Crippen MR) is 74.9 cm³/mol. The number of anilines is 1. The van der Waals surface area contributed by atoms with Crippen molar-refractivity contribution in [1.82, 2.24) is 10.3 Å². The molecule has 0 unspecified atom stereocenters. The Morgan fingerprint density at radius 3 is 2.85 bits per heavy atom. The number of rotatable bonds is 4. The summed E-state index contributed by atoms with van der Waals surface area (Å²) < 4.78 is 4.44. The zero-order chi connectivity index (χ0) is 14.5. The van der Waals surface area contributed by atoms with Crippen molar-refractivity contribution in [3.8, 4) is 0 Å². The SMILES string of the molecule is COC(=O)CNC(=O)Cc1ccc2cccc(N)c2n1. The van der Waals surface area contributed by atoms with Gasteiger partial charge in [0.2, 0.25) is 5.91 Å². The van der Waals surface area contributed by atoms with Crippen LogP contribution in [0.5, 0.6) is 0 Å². The maximum atomic E-state index is 11.7. The molecule has 3 N–H and O–H groups in total. The van der Waals surface area contributed by atoms with E-state index in [-0.39, 0.29) is 18.9 Å². The van der Waals surface area contributed by atoms with Crippen molar-refractivity contribution in [2.45, 2.75) is 6.42 Å². The molecular formula is C14H15N3O3. The molecule has 20 heavy (non-hydrogen) atoms. The molecule has 6 heteroatoms. The number of nitrogens with two attached hydrogens (primary N) is 1. The highest BCUT2D eigenvalue weighted by Gasteiger charge is 2.08. The van der Waals surface area contributed by atoms with Crippen molar-refractivity contribution < 1.29 is 14.3 Å². The lowest BCUT2D eigenvalue weighted by molar-refractivity contribution is -0.141. The Kier molecular flexibility index (Phi) is 4.14. The number of fused-ring (bicyclic) bond motifs is 1. The van der Waals surface area contributed by atoms with Crippen molar-refractivity contribution in [2.75, 3.05) is 19.4 Å². The van der Waals surface area contributed by atoms with Crippen molar-refractivity contribution in [1.29, 1.82) is 0 Å². The number of esters is 1. The molecule has 0 radical (unpaired) electrons. The number of aromatic nitrogens is 1. The van der Waals surface area contributed by atoms with E-state index in [1.807, 2.05) is 18.2 Å². The molecule has 0 aliphatic heterocycles.